The van der Waals surface area contributed by atoms with Crippen molar-refractivity contribution in [3.05, 3.63) is 64.7 Å². The minimum atomic E-state index is -0.562. The van der Waals surface area contributed by atoms with Crippen molar-refractivity contribution in [2.24, 2.45) is 0 Å². The molecule has 4 amide bonds. The van der Waals surface area contributed by atoms with Crippen LogP contribution >= 0.6 is 11.8 Å². The second kappa shape index (κ2) is 8.55. The number of carbonyl (C=O) groups excluding carboxylic acids is 3. The molecule has 6 rings (SSSR count). The Morgan fingerprint density at radius 1 is 1.23 bits per heavy atom. The lowest BCUT2D eigenvalue weighted by Gasteiger charge is -2.14. The molecule has 11 nitrogen and oxygen atoms in total. The maximum absolute atomic E-state index is 12.7. The van der Waals surface area contributed by atoms with Crippen LogP contribution in [0.25, 0.3) is 11.7 Å². The van der Waals surface area contributed by atoms with Gasteiger partial charge in [0.05, 0.1) is 33.9 Å². The molecular formula is C23H20N8O3S. The zero-order valence-corrected chi connectivity index (χ0v) is 19.1. The zero-order chi connectivity index (χ0) is 23.9. The predicted octanol–water partition coefficient (Wildman–Crippen LogP) is 2.58. The normalized spacial score (nSPS) is 20.6. The van der Waals surface area contributed by atoms with Crippen molar-refractivity contribution in [1.29, 1.82) is 0 Å². The summed E-state index contributed by atoms with van der Waals surface area (Å²) in [5.41, 5.74) is 2.73. The third kappa shape index (κ3) is 4.35. The molecule has 3 aromatic heterocycles. The van der Waals surface area contributed by atoms with E-state index in [1.54, 1.807) is 41.3 Å². The number of thioether (sulfide) groups is 1. The first-order valence-electron chi connectivity index (χ1n) is 11.1. The largest absolute Gasteiger partial charge is 0.367 e. The molecule has 5 heterocycles. The van der Waals surface area contributed by atoms with Gasteiger partial charge >= 0.3 is 6.03 Å². The van der Waals surface area contributed by atoms with E-state index >= 15 is 0 Å². The highest BCUT2D eigenvalue weighted by atomic mass is 32.2. The number of aromatic nitrogens is 4. The summed E-state index contributed by atoms with van der Waals surface area (Å²) in [6.07, 6.45) is 11.2. The Kier molecular flexibility index (Phi) is 5.21. The number of pyridine rings is 1. The average molecular weight is 489 g/mol. The summed E-state index contributed by atoms with van der Waals surface area (Å²) in [5.74, 6) is 0.119. The van der Waals surface area contributed by atoms with E-state index in [4.69, 9.17) is 4.98 Å². The Balaban J connectivity index is 1.29. The van der Waals surface area contributed by atoms with Crippen LogP contribution < -0.4 is 21.3 Å². The van der Waals surface area contributed by atoms with Crippen LogP contribution in [0.5, 0.6) is 0 Å². The number of rotatable bonds is 6. The lowest BCUT2D eigenvalue weighted by Crippen LogP contribution is -2.22. The van der Waals surface area contributed by atoms with Crippen molar-refractivity contribution in [3.63, 3.8) is 0 Å². The molecule has 176 valence electrons. The second-order valence-corrected chi connectivity index (χ2v) is 9.64. The number of carbonyl (C=O) groups is 3. The minimum absolute atomic E-state index is 0.0562. The van der Waals surface area contributed by atoms with Crippen LogP contribution in [0.1, 0.15) is 35.8 Å². The molecule has 0 aromatic carbocycles. The van der Waals surface area contributed by atoms with Crippen molar-refractivity contribution in [2.75, 3.05) is 10.6 Å². The van der Waals surface area contributed by atoms with Gasteiger partial charge in [-0.15, -0.1) is 11.8 Å². The fourth-order valence-corrected chi connectivity index (χ4v) is 4.95. The highest BCUT2D eigenvalue weighted by Gasteiger charge is 2.29. The van der Waals surface area contributed by atoms with Crippen molar-refractivity contribution in [2.45, 2.75) is 30.6 Å². The number of fused-ring (bicyclic) bond motifs is 1. The molecule has 1 aliphatic carbocycles. The number of anilines is 2. The first-order valence-corrected chi connectivity index (χ1v) is 12.0. The zero-order valence-electron chi connectivity index (χ0n) is 18.3. The molecule has 3 aromatic rings. The molecule has 1 saturated heterocycles. The van der Waals surface area contributed by atoms with Crippen LogP contribution in [-0.2, 0) is 9.59 Å². The van der Waals surface area contributed by atoms with E-state index in [-0.39, 0.29) is 16.9 Å². The van der Waals surface area contributed by atoms with Crippen LogP contribution in [0.3, 0.4) is 0 Å². The Labute approximate surface area is 203 Å². The van der Waals surface area contributed by atoms with Gasteiger partial charge in [0.25, 0.3) is 11.8 Å². The average Bonchev–Trinajstić information content (AvgIpc) is 3.23. The van der Waals surface area contributed by atoms with Gasteiger partial charge in [0.15, 0.2) is 5.65 Å². The van der Waals surface area contributed by atoms with E-state index in [1.807, 2.05) is 12.1 Å². The molecule has 4 N–H and O–H groups in total. The Morgan fingerprint density at radius 3 is 2.86 bits per heavy atom. The molecule has 0 spiro atoms. The van der Waals surface area contributed by atoms with E-state index in [0.717, 1.165) is 24.4 Å². The van der Waals surface area contributed by atoms with Crippen LogP contribution in [0, 0.1) is 0 Å². The smallest absolute Gasteiger partial charge is 0.326 e. The van der Waals surface area contributed by atoms with Crippen molar-refractivity contribution in [1.82, 2.24) is 30.2 Å². The maximum Gasteiger partial charge on any atom is 0.326 e. The Morgan fingerprint density at radius 2 is 2.11 bits per heavy atom. The van der Waals surface area contributed by atoms with Gasteiger partial charge in [0.1, 0.15) is 11.5 Å². The van der Waals surface area contributed by atoms with Crippen molar-refractivity contribution in [3.8, 4) is 0 Å². The molecule has 3 aliphatic rings. The van der Waals surface area contributed by atoms with E-state index in [9.17, 15) is 14.4 Å². The monoisotopic (exact) mass is 488 g/mol. The molecule has 2 fully saturated rings. The number of nitrogens with zero attached hydrogens (tertiary/aromatic N) is 4. The summed E-state index contributed by atoms with van der Waals surface area (Å²) in [7, 11) is 0. The maximum atomic E-state index is 12.7. The van der Waals surface area contributed by atoms with Crippen LogP contribution in [0.2, 0.25) is 0 Å². The summed E-state index contributed by atoms with van der Waals surface area (Å²) in [6.45, 7) is 0. The molecule has 0 radical (unpaired) electrons. The molecule has 2 aliphatic heterocycles. The summed E-state index contributed by atoms with van der Waals surface area (Å²) >= 11 is 1.46. The number of imide groups is 1. The highest BCUT2D eigenvalue weighted by molar-refractivity contribution is 8.04. The quantitative estimate of drug-likeness (QED) is 0.306. The van der Waals surface area contributed by atoms with E-state index in [0.29, 0.717) is 34.3 Å². The van der Waals surface area contributed by atoms with Gasteiger partial charge in [0.2, 0.25) is 0 Å². The van der Waals surface area contributed by atoms with E-state index in [2.05, 4.69) is 31.3 Å². The molecule has 1 saturated carbocycles. The van der Waals surface area contributed by atoms with Crippen LogP contribution in [0.4, 0.5) is 16.3 Å². The van der Waals surface area contributed by atoms with Gasteiger partial charge in [-0.1, -0.05) is 6.08 Å². The van der Waals surface area contributed by atoms with Crippen LogP contribution in [0.15, 0.2) is 53.5 Å². The lowest BCUT2D eigenvalue weighted by molar-refractivity contribution is -0.115. The van der Waals surface area contributed by atoms with Gasteiger partial charge in [0, 0.05) is 23.9 Å². The number of urea groups is 1. The number of allylic oxidation sites excluding steroid dienone is 1. The highest BCUT2D eigenvalue weighted by Crippen LogP contribution is 2.44. The van der Waals surface area contributed by atoms with E-state index in [1.165, 1.54) is 11.8 Å². The number of amides is 4. The predicted molar refractivity (Wildman–Crippen MR) is 130 cm³/mol. The van der Waals surface area contributed by atoms with Crippen LogP contribution in [-0.4, -0.2) is 43.5 Å². The Hall–Kier alpha value is -4.19. The molecule has 35 heavy (non-hydrogen) atoms. The topological polar surface area (TPSA) is 142 Å². The summed E-state index contributed by atoms with van der Waals surface area (Å²) in [5, 5.41) is 15.4. The first kappa shape index (κ1) is 21.4. The fraction of sp³-hybridized carbons (Fsp3) is 0.217. The summed E-state index contributed by atoms with van der Waals surface area (Å²) in [6, 6.07) is 5.34. The minimum Gasteiger partial charge on any atom is -0.367 e. The third-order valence-corrected chi connectivity index (χ3v) is 7.05. The standard InChI is InChI=1S/C23H20N8O3S/c32-21-16(29-23(34)30-21)8-12-10-25-31-19(26-13-3-4-13)9-15(28-20(12)31)17-5-6-18(35-17)22(33)27-14-2-1-7-24-11-14/h1-2,6-11,13,17,26H,3-5H2,(H,27,33)(H2,29,30,32,34)/b16-8-. The molecule has 1 atom stereocenters. The van der Waals surface area contributed by atoms with Gasteiger partial charge in [-0.2, -0.15) is 9.61 Å². The number of hydrogen-bond acceptors (Lipinski definition) is 8. The summed E-state index contributed by atoms with van der Waals surface area (Å²) in [4.78, 5) is 45.7. The first-order chi connectivity index (χ1) is 17.0. The van der Waals surface area contributed by atoms with Gasteiger partial charge in [-0.3, -0.25) is 19.9 Å². The Bertz CT molecular complexity index is 1430. The van der Waals surface area contributed by atoms with Crippen molar-refractivity contribution >= 4 is 52.8 Å². The fourth-order valence-electron chi connectivity index (χ4n) is 3.86. The molecule has 1 unspecified atom stereocenters. The second-order valence-electron chi connectivity index (χ2n) is 8.39. The third-order valence-electron chi connectivity index (χ3n) is 5.73. The number of hydrogen-bond donors (Lipinski definition) is 4. The lowest BCUT2D eigenvalue weighted by atomic mass is 10.2. The van der Waals surface area contributed by atoms with Gasteiger partial charge in [-0.05, 0) is 37.5 Å². The van der Waals surface area contributed by atoms with Gasteiger partial charge in [-0.25, -0.2) is 9.78 Å². The molecule has 0 bridgehead atoms. The van der Waals surface area contributed by atoms with E-state index < -0.39 is 11.9 Å². The molecular weight excluding hydrogens is 468 g/mol. The van der Waals surface area contributed by atoms with Gasteiger partial charge < -0.3 is 16.0 Å². The van der Waals surface area contributed by atoms with Crippen molar-refractivity contribution < 1.29 is 14.4 Å². The summed E-state index contributed by atoms with van der Waals surface area (Å²) < 4.78 is 1.70. The SMILES string of the molecule is O=C1NC(=O)/C(=C/c2cnn3c(NC4CC4)cc(C4CC=C(C(=O)Nc5cccnc5)S4)nc23)N1. The number of nitrogens with one attached hydrogen (secondary N) is 4. The molecule has 12 heteroatoms.